The molecule has 2 aromatic rings. The van der Waals surface area contributed by atoms with Gasteiger partial charge in [0.15, 0.2) is 11.5 Å². The molecule has 1 N–H and O–H groups in total. The van der Waals surface area contributed by atoms with Crippen molar-refractivity contribution in [2.75, 3.05) is 19.7 Å². The van der Waals surface area contributed by atoms with Gasteiger partial charge in [-0.2, -0.15) is 5.10 Å². The van der Waals surface area contributed by atoms with E-state index in [0.717, 1.165) is 23.2 Å². The summed E-state index contributed by atoms with van der Waals surface area (Å²) in [5.74, 6) is -1.84. The SMILES string of the molecule is O=C(NCC(=O)N1CCCO1)c1ccn(-c2ccc([N+](=O)[O-])cc2F)n1. The number of benzene rings is 1. The molecule has 0 unspecified atom stereocenters. The van der Waals surface area contributed by atoms with Gasteiger partial charge in [-0.25, -0.2) is 14.1 Å². The molecule has 1 aromatic carbocycles. The van der Waals surface area contributed by atoms with Crippen LogP contribution in [0.1, 0.15) is 16.9 Å². The average molecular weight is 363 g/mol. The molecule has 1 saturated heterocycles. The third kappa shape index (κ3) is 3.67. The molecule has 11 heteroatoms. The first kappa shape index (κ1) is 17.5. The van der Waals surface area contributed by atoms with Crippen LogP contribution in [0.4, 0.5) is 10.1 Å². The maximum absolute atomic E-state index is 14.0. The predicted octanol–water partition coefficient (Wildman–Crippen LogP) is 0.813. The number of hydrogen-bond acceptors (Lipinski definition) is 6. The molecule has 136 valence electrons. The number of hydrogen-bond donors (Lipinski definition) is 1. The molecule has 26 heavy (non-hydrogen) atoms. The summed E-state index contributed by atoms with van der Waals surface area (Å²) in [6, 6.07) is 4.43. The Balaban J connectivity index is 1.66. The maximum atomic E-state index is 14.0. The van der Waals surface area contributed by atoms with E-state index >= 15 is 0 Å². The van der Waals surface area contributed by atoms with Gasteiger partial charge in [0.05, 0.1) is 30.7 Å². The summed E-state index contributed by atoms with van der Waals surface area (Å²) in [6.45, 7) is 0.686. The zero-order chi connectivity index (χ0) is 18.7. The van der Waals surface area contributed by atoms with Crippen LogP contribution in [0.5, 0.6) is 0 Å². The molecule has 2 amide bonds. The van der Waals surface area contributed by atoms with Crippen LogP contribution in [0, 0.1) is 15.9 Å². The Kier molecular flexibility index (Phi) is 4.89. The summed E-state index contributed by atoms with van der Waals surface area (Å²) in [6.07, 6.45) is 2.08. The van der Waals surface area contributed by atoms with Crippen molar-refractivity contribution in [1.29, 1.82) is 0 Å². The van der Waals surface area contributed by atoms with Gasteiger partial charge in [-0.15, -0.1) is 0 Å². The standard InChI is InChI=1S/C15H14FN5O5/c16-11-8-10(21(24)25)2-3-13(11)19-6-4-12(18-19)15(23)17-9-14(22)20-5-1-7-26-20/h2-4,6,8H,1,5,7,9H2,(H,17,23). The average Bonchev–Trinajstić information content (AvgIpc) is 3.30. The van der Waals surface area contributed by atoms with E-state index in [1.165, 1.54) is 23.4 Å². The van der Waals surface area contributed by atoms with Crippen LogP contribution in [-0.2, 0) is 9.63 Å². The maximum Gasteiger partial charge on any atom is 0.272 e. The van der Waals surface area contributed by atoms with Crippen molar-refractivity contribution in [3.8, 4) is 5.69 Å². The summed E-state index contributed by atoms with van der Waals surface area (Å²) in [7, 11) is 0. The van der Waals surface area contributed by atoms with Gasteiger partial charge in [0, 0.05) is 12.3 Å². The lowest BCUT2D eigenvalue weighted by atomic mass is 10.2. The second kappa shape index (κ2) is 7.27. The predicted molar refractivity (Wildman–Crippen MR) is 84.8 cm³/mol. The summed E-state index contributed by atoms with van der Waals surface area (Å²) in [5, 5.41) is 18.2. The van der Waals surface area contributed by atoms with Crippen LogP contribution in [0.15, 0.2) is 30.5 Å². The highest BCUT2D eigenvalue weighted by molar-refractivity contribution is 5.94. The molecule has 0 bridgehead atoms. The number of carbonyl (C=O) groups excluding carboxylic acids is 2. The van der Waals surface area contributed by atoms with Crippen LogP contribution < -0.4 is 5.32 Å². The van der Waals surface area contributed by atoms with E-state index in [2.05, 4.69) is 10.4 Å². The Morgan fingerprint density at radius 1 is 1.38 bits per heavy atom. The number of nitro groups is 1. The molecule has 2 heterocycles. The lowest BCUT2D eigenvalue weighted by Gasteiger charge is -2.13. The summed E-state index contributed by atoms with van der Waals surface area (Å²) in [5.41, 5.74) is -0.465. The molecule has 1 aromatic heterocycles. The highest BCUT2D eigenvalue weighted by Gasteiger charge is 2.21. The van der Waals surface area contributed by atoms with Crippen molar-refractivity contribution in [3.63, 3.8) is 0 Å². The van der Waals surface area contributed by atoms with Gasteiger partial charge < -0.3 is 5.32 Å². The van der Waals surface area contributed by atoms with E-state index in [1.54, 1.807) is 0 Å². The van der Waals surface area contributed by atoms with Crippen molar-refractivity contribution >= 4 is 17.5 Å². The third-order valence-electron chi connectivity index (χ3n) is 3.64. The van der Waals surface area contributed by atoms with Crippen LogP contribution in [-0.4, -0.2) is 51.3 Å². The van der Waals surface area contributed by atoms with Crippen LogP contribution in [0.25, 0.3) is 5.69 Å². The zero-order valence-electron chi connectivity index (χ0n) is 13.4. The molecular weight excluding hydrogens is 349 g/mol. The van der Waals surface area contributed by atoms with Gasteiger partial charge in [0.2, 0.25) is 0 Å². The first-order valence-corrected chi connectivity index (χ1v) is 7.67. The summed E-state index contributed by atoms with van der Waals surface area (Å²) in [4.78, 5) is 38.9. The fourth-order valence-corrected chi connectivity index (χ4v) is 2.35. The lowest BCUT2D eigenvalue weighted by molar-refractivity contribution is -0.385. The molecule has 0 saturated carbocycles. The minimum Gasteiger partial charge on any atom is -0.341 e. The number of nitrogens with zero attached hydrogens (tertiary/aromatic N) is 4. The minimum absolute atomic E-state index is 0.0297. The van der Waals surface area contributed by atoms with E-state index in [0.29, 0.717) is 13.2 Å². The number of non-ortho nitro benzene ring substituents is 1. The summed E-state index contributed by atoms with van der Waals surface area (Å²) >= 11 is 0. The molecular formula is C15H14FN5O5. The monoisotopic (exact) mass is 363 g/mol. The number of aromatic nitrogens is 2. The molecule has 1 fully saturated rings. The van der Waals surface area contributed by atoms with E-state index in [4.69, 9.17) is 4.84 Å². The second-order valence-electron chi connectivity index (χ2n) is 5.40. The topological polar surface area (TPSA) is 120 Å². The van der Waals surface area contributed by atoms with E-state index < -0.39 is 16.6 Å². The second-order valence-corrected chi connectivity index (χ2v) is 5.40. The van der Waals surface area contributed by atoms with Gasteiger partial charge in [-0.1, -0.05) is 0 Å². The quantitative estimate of drug-likeness (QED) is 0.620. The van der Waals surface area contributed by atoms with Gasteiger partial charge in [0.1, 0.15) is 5.69 Å². The lowest BCUT2D eigenvalue weighted by Crippen LogP contribution is -2.38. The fourth-order valence-electron chi connectivity index (χ4n) is 2.35. The Hall–Kier alpha value is -3.34. The van der Waals surface area contributed by atoms with Crippen LogP contribution in [0.2, 0.25) is 0 Å². The Labute approximate surface area is 146 Å². The number of amides is 2. The normalized spacial score (nSPS) is 13.7. The first-order chi connectivity index (χ1) is 12.5. The molecule has 0 spiro atoms. The zero-order valence-corrected chi connectivity index (χ0v) is 13.4. The van der Waals surface area contributed by atoms with Gasteiger partial charge in [-0.05, 0) is 18.6 Å². The number of hydroxylamine groups is 2. The number of halogens is 1. The van der Waals surface area contributed by atoms with Gasteiger partial charge in [0.25, 0.3) is 17.5 Å². The molecule has 1 aliphatic rings. The van der Waals surface area contributed by atoms with Gasteiger partial charge in [-0.3, -0.25) is 24.5 Å². The largest absolute Gasteiger partial charge is 0.341 e. The summed E-state index contributed by atoms with van der Waals surface area (Å²) < 4.78 is 15.1. The van der Waals surface area contributed by atoms with Crippen LogP contribution >= 0.6 is 0 Å². The Bertz CT molecular complexity index is 862. The third-order valence-corrected chi connectivity index (χ3v) is 3.64. The first-order valence-electron chi connectivity index (χ1n) is 7.67. The van der Waals surface area contributed by atoms with Crippen molar-refractivity contribution < 1.29 is 23.7 Å². The molecule has 10 nitrogen and oxygen atoms in total. The molecule has 0 aliphatic carbocycles. The molecule has 0 atom stereocenters. The number of nitro benzene ring substituents is 1. The highest BCUT2D eigenvalue weighted by Crippen LogP contribution is 2.19. The number of nitrogens with one attached hydrogen (secondary N) is 1. The Morgan fingerprint density at radius 3 is 2.85 bits per heavy atom. The number of rotatable bonds is 5. The minimum atomic E-state index is -0.851. The molecule has 0 radical (unpaired) electrons. The Morgan fingerprint density at radius 2 is 2.19 bits per heavy atom. The molecule has 1 aliphatic heterocycles. The van der Waals surface area contributed by atoms with Crippen LogP contribution in [0.3, 0.4) is 0 Å². The van der Waals surface area contributed by atoms with E-state index in [1.807, 2.05) is 0 Å². The van der Waals surface area contributed by atoms with E-state index in [-0.39, 0.29) is 29.5 Å². The van der Waals surface area contributed by atoms with Gasteiger partial charge >= 0.3 is 0 Å². The highest BCUT2D eigenvalue weighted by atomic mass is 19.1. The van der Waals surface area contributed by atoms with Crippen molar-refractivity contribution in [2.45, 2.75) is 6.42 Å². The molecule has 3 rings (SSSR count). The van der Waals surface area contributed by atoms with Crippen molar-refractivity contribution in [1.82, 2.24) is 20.2 Å². The number of carbonyl (C=O) groups is 2. The fraction of sp³-hybridized carbons (Fsp3) is 0.267. The van der Waals surface area contributed by atoms with Crippen molar-refractivity contribution in [3.05, 3.63) is 52.1 Å². The van der Waals surface area contributed by atoms with E-state index in [9.17, 15) is 24.1 Å². The van der Waals surface area contributed by atoms with Crippen molar-refractivity contribution in [2.24, 2.45) is 0 Å². The smallest absolute Gasteiger partial charge is 0.272 e.